The zero-order valence-electron chi connectivity index (χ0n) is 8.77. The summed E-state index contributed by atoms with van der Waals surface area (Å²) in [5, 5.41) is 13.4. The molecule has 2 rings (SSSR count). The predicted molar refractivity (Wildman–Crippen MR) is 70.3 cm³/mol. The zero-order chi connectivity index (χ0) is 12.3. The second kappa shape index (κ2) is 5.21. The van der Waals surface area contributed by atoms with Crippen LogP contribution in [0.2, 0.25) is 10.0 Å². The lowest BCUT2D eigenvalue weighted by molar-refractivity contribution is 0.319. The Morgan fingerprint density at radius 1 is 1.00 bits per heavy atom. The van der Waals surface area contributed by atoms with Gasteiger partial charge in [0.2, 0.25) is 0 Å². The summed E-state index contributed by atoms with van der Waals surface area (Å²) in [6.45, 7) is 0. The van der Waals surface area contributed by atoms with Crippen molar-refractivity contribution in [3.05, 3.63) is 69.7 Å². The van der Waals surface area contributed by atoms with Gasteiger partial charge in [0.25, 0.3) is 0 Å². The highest BCUT2D eigenvalue weighted by atomic mass is 35.5. The summed E-state index contributed by atoms with van der Waals surface area (Å²) in [6, 6.07) is 14.4. The summed E-state index contributed by atoms with van der Waals surface area (Å²) >= 11 is 11.9. The first-order chi connectivity index (χ1) is 8.22. The van der Waals surface area contributed by atoms with E-state index in [1.807, 2.05) is 30.3 Å². The molecule has 0 heterocycles. The van der Waals surface area contributed by atoms with Gasteiger partial charge in [0.05, 0.1) is 5.02 Å². The molecule has 0 saturated carbocycles. The molecule has 0 unspecified atom stereocenters. The van der Waals surface area contributed by atoms with E-state index in [2.05, 4.69) is 5.16 Å². The SMILES string of the molecule is O/N=C(/c1ccccc1)c1ccc(Cl)cc1Cl. The minimum Gasteiger partial charge on any atom is -0.410 e. The fourth-order valence-corrected chi connectivity index (χ4v) is 2.04. The molecule has 0 aliphatic carbocycles. The smallest absolute Gasteiger partial charge is 0.118 e. The van der Waals surface area contributed by atoms with Crippen molar-refractivity contribution in [1.29, 1.82) is 0 Å². The molecular weight excluding hydrogens is 257 g/mol. The van der Waals surface area contributed by atoms with Crippen LogP contribution < -0.4 is 0 Å². The molecule has 4 heteroatoms. The monoisotopic (exact) mass is 265 g/mol. The van der Waals surface area contributed by atoms with E-state index in [1.165, 1.54) is 0 Å². The van der Waals surface area contributed by atoms with Gasteiger partial charge in [0, 0.05) is 16.1 Å². The van der Waals surface area contributed by atoms with E-state index in [0.29, 0.717) is 21.3 Å². The Morgan fingerprint density at radius 2 is 1.71 bits per heavy atom. The van der Waals surface area contributed by atoms with E-state index < -0.39 is 0 Å². The van der Waals surface area contributed by atoms with Crippen molar-refractivity contribution in [1.82, 2.24) is 0 Å². The number of nitrogens with zero attached hydrogens (tertiary/aromatic N) is 1. The maximum atomic E-state index is 9.12. The van der Waals surface area contributed by atoms with Crippen molar-refractivity contribution in [3.8, 4) is 0 Å². The van der Waals surface area contributed by atoms with E-state index in [4.69, 9.17) is 28.4 Å². The van der Waals surface area contributed by atoms with Crippen LogP contribution in [-0.4, -0.2) is 10.9 Å². The Hall–Kier alpha value is -1.51. The lowest BCUT2D eigenvalue weighted by Gasteiger charge is -2.07. The first-order valence-electron chi connectivity index (χ1n) is 4.95. The van der Waals surface area contributed by atoms with Gasteiger partial charge in [0.15, 0.2) is 0 Å². The fraction of sp³-hybridized carbons (Fsp3) is 0. The van der Waals surface area contributed by atoms with E-state index in [-0.39, 0.29) is 0 Å². The second-order valence-corrected chi connectivity index (χ2v) is 4.28. The Labute approximate surface area is 109 Å². The molecule has 2 nitrogen and oxygen atoms in total. The fourth-order valence-electron chi connectivity index (χ4n) is 1.54. The summed E-state index contributed by atoms with van der Waals surface area (Å²) < 4.78 is 0. The first-order valence-corrected chi connectivity index (χ1v) is 5.71. The molecule has 0 atom stereocenters. The van der Waals surface area contributed by atoms with Gasteiger partial charge in [0.1, 0.15) is 5.71 Å². The minimum absolute atomic E-state index is 0.423. The van der Waals surface area contributed by atoms with Crippen molar-refractivity contribution in [2.24, 2.45) is 5.16 Å². The lowest BCUT2D eigenvalue weighted by Crippen LogP contribution is -2.03. The highest BCUT2D eigenvalue weighted by Gasteiger charge is 2.11. The van der Waals surface area contributed by atoms with Gasteiger partial charge in [-0.25, -0.2) is 0 Å². The van der Waals surface area contributed by atoms with Gasteiger partial charge < -0.3 is 5.21 Å². The van der Waals surface area contributed by atoms with Gasteiger partial charge in [-0.3, -0.25) is 0 Å². The summed E-state index contributed by atoms with van der Waals surface area (Å²) in [7, 11) is 0. The molecule has 0 fully saturated rings. The van der Waals surface area contributed by atoms with Gasteiger partial charge in [-0.1, -0.05) is 58.7 Å². The molecule has 0 bridgehead atoms. The Bertz CT molecular complexity index is 553. The third-order valence-electron chi connectivity index (χ3n) is 2.33. The maximum absolute atomic E-state index is 9.12. The van der Waals surface area contributed by atoms with E-state index in [9.17, 15) is 0 Å². The number of hydrogen-bond acceptors (Lipinski definition) is 2. The minimum atomic E-state index is 0.423. The summed E-state index contributed by atoms with van der Waals surface area (Å²) in [4.78, 5) is 0. The largest absolute Gasteiger partial charge is 0.410 e. The normalized spacial score (nSPS) is 11.5. The Balaban J connectivity index is 2.51. The molecule has 0 aromatic heterocycles. The topological polar surface area (TPSA) is 32.6 Å². The molecular formula is C13H9Cl2NO. The van der Waals surface area contributed by atoms with Crippen LogP contribution in [0.15, 0.2) is 53.7 Å². The van der Waals surface area contributed by atoms with Crippen molar-refractivity contribution >= 4 is 28.9 Å². The molecule has 0 radical (unpaired) electrons. The molecule has 86 valence electrons. The highest BCUT2D eigenvalue weighted by Crippen LogP contribution is 2.23. The van der Waals surface area contributed by atoms with Crippen molar-refractivity contribution in [2.45, 2.75) is 0 Å². The number of hydrogen-bond donors (Lipinski definition) is 1. The van der Waals surface area contributed by atoms with Crippen LogP contribution in [0.25, 0.3) is 0 Å². The zero-order valence-corrected chi connectivity index (χ0v) is 10.3. The van der Waals surface area contributed by atoms with E-state index >= 15 is 0 Å². The van der Waals surface area contributed by atoms with Crippen molar-refractivity contribution in [3.63, 3.8) is 0 Å². The number of benzene rings is 2. The maximum Gasteiger partial charge on any atom is 0.118 e. The quantitative estimate of drug-likeness (QED) is 0.492. The molecule has 17 heavy (non-hydrogen) atoms. The van der Waals surface area contributed by atoms with Gasteiger partial charge in [-0.05, 0) is 18.2 Å². The lowest BCUT2D eigenvalue weighted by atomic mass is 10.0. The first kappa shape index (κ1) is 12.0. The number of halogens is 2. The summed E-state index contributed by atoms with van der Waals surface area (Å²) in [6.07, 6.45) is 0. The average molecular weight is 266 g/mol. The molecule has 0 aliphatic heterocycles. The van der Waals surface area contributed by atoms with Gasteiger partial charge in [-0.15, -0.1) is 0 Å². The van der Waals surface area contributed by atoms with Crippen LogP contribution in [0.5, 0.6) is 0 Å². The number of rotatable bonds is 2. The van der Waals surface area contributed by atoms with Gasteiger partial charge in [-0.2, -0.15) is 0 Å². The molecule has 0 saturated heterocycles. The molecule has 1 N–H and O–H groups in total. The highest BCUT2D eigenvalue weighted by molar-refractivity contribution is 6.37. The second-order valence-electron chi connectivity index (χ2n) is 3.44. The van der Waals surface area contributed by atoms with Crippen LogP contribution >= 0.6 is 23.2 Å². The van der Waals surface area contributed by atoms with Crippen LogP contribution in [0.3, 0.4) is 0 Å². The summed E-state index contributed by atoms with van der Waals surface area (Å²) in [5.41, 5.74) is 1.86. The van der Waals surface area contributed by atoms with Crippen molar-refractivity contribution in [2.75, 3.05) is 0 Å². The molecule has 0 spiro atoms. The predicted octanol–water partition coefficient (Wildman–Crippen LogP) is 4.22. The van der Waals surface area contributed by atoms with Crippen LogP contribution in [0.1, 0.15) is 11.1 Å². The van der Waals surface area contributed by atoms with E-state index in [0.717, 1.165) is 5.56 Å². The third kappa shape index (κ3) is 2.60. The molecule has 0 amide bonds. The molecule has 2 aromatic rings. The Kier molecular flexibility index (Phi) is 3.67. The summed E-state index contributed by atoms with van der Waals surface area (Å²) in [5.74, 6) is 0. The van der Waals surface area contributed by atoms with Gasteiger partial charge >= 0.3 is 0 Å². The van der Waals surface area contributed by atoms with Crippen molar-refractivity contribution < 1.29 is 5.21 Å². The van der Waals surface area contributed by atoms with E-state index in [1.54, 1.807) is 18.2 Å². The van der Waals surface area contributed by atoms with Crippen LogP contribution in [-0.2, 0) is 0 Å². The molecule has 2 aromatic carbocycles. The number of oxime groups is 1. The Morgan fingerprint density at radius 3 is 2.29 bits per heavy atom. The average Bonchev–Trinajstić information content (AvgIpc) is 2.34. The molecule has 0 aliphatic rings. The van der Waals surface area contributed by atoms with Crippen LogP contribution in [0.4, 0.5) is 0 Å². The standard InChI is InChI=1S/C13H9Cl2NO/c14-10-6-7-11(12(15)8-10)13(16-17)9-4-2-1-3-5-9/h1-8,17H/b16-13-. The third-order valence-corrected chi connectivity index (χ3v) is 2.88. The van der Waals surface area contributed by atoms with Crippen LogP contribution in [0, 0.1) is 0 Å².